The maximum atomic E-state index is 12.1. The molecule has 3 heteroatoms. The number of rotatable bonds is 4. The number of Topliss-reactive ketones (excluding diaryl/α,β-unsaturated/α-hetero) is 1. The van der Waals surface area contributed by atoms with Gasteiger partial charge >= 0.3 is 0 Å². The van der Waals surface area contributed by atoms with E-state index >= 15 is 0 Å². The molecule has 0 amide bonds. The molecule has 0 aromatic heterocycles. The molecule has 0 saturated heterocycles. The van der Waals surface area contributed by atoms with Crippen LogP contribution in [-0.2, 0) is 9.22 Å². The van der Waals surface area contributed by atoms with Gasteiger partial charge in [-0.15, -0.1) is 0 Å². The van der Waals surface area contributed by atoms with E-state index in [0.717, 1.165) is 19.3 Å². The van der Waals surface area contributed by atoms with Crippen LogP contribution in [0.15, 0.2) is 24.3 Å². The minimum Gasteiger partial charge on any atom is -0.410 e. The lowest BCUT2D eigenvalue weighted by Crippen LogP contribution is -2.33. The van der Waals surface area contributed by atoms with Crippen LogP contribution < -0.4 is 0 Å². The van der Waals surface area contributed by atoms with Crippen molar-refractivity contribution in [2.45, 2.75) is 51.9 Å². The summed E-state index contributed by atoms with van der Waals surface area (Å²) in [4.78, 5) is 12.1. The number of hydrogen-bond acceptors (Lipinski definition) is 2. The number of ketones is 1. The third kappa shape index (κ3) is 3.54. The minimum atomic E-state index is -1.68. The third-order valence-corrected chi connectivity index (χ3v) is 4.65. The second-order valence-electron chi connectivity index (χ2n) is 6.47. The van der Waals surface area contributed by atoms with Gasteiger partial charge in [0.15, 0.2) is 8.32 Å². The number of carbonyl (C=O) groups excluding carboxylic acids is 1. The maximum absolute atomic E-state index is 12.1. The number of aryl methyl sites for hydroxylation is 1. The fourth-order valence-corrected chi connectivity index (χ4v) is 3.87. The molecule has 0 N–H and O–H groups in total. The highest BCUT2D eigenvalue weighted by atomic mass is 28.4. The van der Waals surface area contributed by atoms with Gasteiger partial charge in [0, 0.05) is 12.3 Å². The van der Waals surface area contributed by atoms with Crippen LogP contribution in [0.2, 0.25) is 19.6 Å². The van der Waals surface area contributed by atoms with Gasteiger partial charge in [-0.25, -0.2) is 0 Å². The molecule has 2 rings (SSSR count). The molecule has 0 bridgehead atoms. The first-order valence-electron chi connectivity index (χ1n) is 7.14. The standard InChI is InChI=1S/C16H24O2Si/c1-12-8-5-6-9-13(12)16(18-19(2,3)4)14-10-7-11-15(14)17/h5-6,8-9,14,16H,7,10-11H2,1-4H3. The SMILES string of the molecule is Cc1ccccc1C(O[Si](C)(C)C)C1CCCC1=O. The van der Waals surface area contributed by atoms with Gasteiger partial charge in [0.25, 0.3) is 0 Å². The summed E-state index contributed by atoms with van der Waals surface area (Å²) in [5.41, 5.74) is 2.43. The first kappa shape index (κ1) is 14.5. The van der Waals surface area contributed by atoms with Crippen LogP contribution in [-0.4, -0.2) is 14.1 Å². The summed E-state index contributed by atoms with van der Waals surface area (Å²) in [5.74, 6) is 0.444. The van der Waals surface area contributed by atoms with E-state index in [0.29, 0.717) is 5.78 Å². The largest absolute Gasteiger partial charge is 0.410 e. The van der Waals surface area contributed by atoms with Crippen molar-refractivity contribution < 1.29 is 9.22 Å². The molecule has 0 heterocycles. The molecular formula is C16H24O2Si. The predicted octanol–water partition coefficient (Wildman–Crippen LogP) is 4.26. The topological polar surface area (TPSA) is 26.3 Å². The molecule has 0 spiro atoms. The third-order valence-electron chi connectivity index (χ3n) is 3.69. The summed E-state index contributed by atoms with van der Waals surface area (Å²) >= 11 is 0. The van der Waals surface area contributed by atoms with E-state index in [4.69, 9.17) is 4.43 Å². The lowest BCUT2D eigenvalue weighted by Gasteiger charge is -2.31. The molecule has 0 aliphatic heterocycles. The zero-order valence-corrected chi connectivity index (χ0v) is 13.4. The Labute approximate surface area is 117 Å². The summed E-state index contributed by atoms with van der Waals surface area (Å²) in [6.45, 7) is 8.68. The zero-order valence-electron chi connectivity index (χ0n) is 12.4. The van der Waals surface area contributed by atoms with Gasteiger partial charge in [0.1, 0.15) is 5.78 Å². The highest BCUT2D eigenvalue weighted by Gasteiger charge is 2.36. The number of carbonyl (C=O) groups is 1. The lowest BCUT2D eigenvalue weighted by molar-refractivity contribution is -0.123. The molecule has 2 atom stereocenters. The van der Waals surface area contributed by atoms with Gasteiger partial charge in [-0.1, -0.05) is 24.3 Å². The maximum Gasteiger partial charge on any atom is 0.184 e. The van der Waals surface area contributed by atoms with E-state index in [-0.39, 0.29) is 12.0 Å². The minimum absolute atomic E-state index is 0.0390. The van der Waals surface area contributed by atoms with Gasteiger partial charge in [0.2, 0.25) is 0 Å². The Morgan fingerprint density at radius 1 is 1.26 bits per heavy atom. The Bertz CT molecular complexity index is 462. The monoisotopic (exact) mass is 276 g/mol. The Morgan fingerprint density at radius 3 is 2.47 bits per heavy atom. The first-order valence-corrected chi connectivity index (χ1v) is 10.6. The summed E-state index contributed by atoms with van der Waals surface area (Å²) in [5, 5.41) is 0. The molecule has 1 aliphatic carbocycles. The second-order valence-corrected chi connectivity index (χ2v) is 10.9. The van der Waals surface area contributed by atoms with Crippen LogP contribution in [0.1, 0.15) is 36.5 Å². The Balaban J connectivity index is 2.34. The van der Waals surface area contributed by atoms with Crippen molar-refractivity contribution in [3.63, 3.8) is 0 Å². The highest BCUT2D eigenvalue weighted by molar-refractivity contribution is 6.69. The first-order chi connectivity index (χ1) is 8.88. The summed E-state index contributed by atoms with van der Waals surface area (Å²) in [7, 11) is -1.68. The van der Waals surface area contributed by atoms with E-state index in [9.17, 15) is 4.79 Å². The van der Waals surface area contributed by atoms with Crippen molar-refractivity contribution in [3.8, 4) is 0 Å². The molecule has 19 heavy (non-hydrogen) atoms. The molecule has 0 radical (unpaired) electrons. The van der Waals surface area contributed by atoms with Crippen molar-refractivity contribution >= 4 is 14.1 Å². The van der Waals surface area contributed by atoms with Gasteiger partial charge in [-0.05, 0) is 50.5 Å². The van der Waals surface area contributed by atoms with Gasteiger partial charge in [-0.2, -0.15) is 0 Å². The quantitative estimate of drug-likeness (QED) is 0.768. The molecule has 1 aromatic rings. The van der Waals surface area contributed by atoms with Crippen molar-refractivity contribution in [2.24, 2.45) is 5.92 Å². The molecule has 104 valence electrons. The van der Waals surface area contributed by atoms with Crippen molar-refractivity contribution in [3.05, 3.63) is 35.4 Å². The van der Waals surface area contributed by atoms with Crippen molar-refractivity contribution in [1.29, 1.82) is 0 Å². The Hall–Kier alpha value is -0.933. The average Bonchev–Trinajstić information content (AvgIpc) is 2.72. The fraction of sp³-hybridized carbons (Fsp3) is 0.562. The van der Waals surface area contributed by atoms with E-state index < -0.39 is 8.32 Å². The summed E-state index contributed by atoms with van der Waals surface area (Å²) < 4.78 is 6.38. The smallest absolute Gasteiger partial charge is 0.184 e. The van der Waals surface area contributed by atoms with Crippen LogP contribution in [0, 0.1) is 12.8 Å². The average molecular weight is 276 g/mol. The normalized spacial score (nSPS) is 21.7. The van der Waals surface area contributed by atoms with Crippen LogP contribution in [0.5, 0.6) is 0 Å². The zero-order chi connectivity index (χ0) is 14.0. The molecule has 1 saturated carbocycles. The molecule has 2 nitrogen and oxygen atoms in total. The van der Waals surface area contributed by atoms with E-state index in [1.54, 1.807) is 0 Å². The fourth-order valence-electron chi connectivity index (χ4n) is 2.81. The molecular weight excluding hydrogens is 252 g/mol. The van der Waals surface area contributed by atoms with Gasteiger partial charge in [-0.3, -0.25) is 4.79 Å². The highest BCUT2D eigenvalue weighted by Crippen LogP contribution is 2.38. The Kier molecular flexibility index (Phi) is 4.26. The van der Waals surface area contributed by atoms with Crippen LogP contribution in [0.25, 0.3) is 0 Å². The van der Waals surface area contributed by atoms with Gasteiger partial charge < -0.3 is 4.43 Å². The van der Waals surface area contributed by atoms with Crippen molar-refractivity contribution in [2.75, 3.05) is 0 Å². The predicted molar refractivity (Wildman–Crippen MR) is 80.7 cm³/mol. The molecule has 1 fully saturated rings. The van der Waals surface area contributed by atoms with Crippen molar-refractivity contribution in [1.82, 2.24) is 0 Å². The van der Waals surface area contributed by atoms with E-state index in [2.05, 4.69) is 38.7 Å². The van der Waals surface area contributed by atoms with Crippen LogP contribution in [0.3, 0.4) is 0 Å². The van der Waals surface area contributed by atoms with Crippen LogP contribution in [0.4, 0.5) is 0 Å². The number of benzene rings is 1. The second kappa shape index (κ2) is 5.59. The lowest BCUT2D eigenvalue weighted by atomic mass is 9.91. The Morgan fingerprint density at radius 2 is 1.95 bits per heavy atom. The van der Waals surface area contributed by atoms with Gasteiger partial charge in [0.05, 0.1) is 6.10 Å². The van der Waals surface area contributed by atoms with E-state index in [1.807, 2.05) is 12.1 Å². The summed E-state index contributed by atoms with van der Waals surface area (Å²) in [6, 6.07) is 8.31. The molecule has 2 unspecified atom stereocenters. The number of hydrogen-bond donors (Lipinski definition) is 0. The van der Waals surface area contributed by atoms with E-state index in [1.165, 1.54) is 11.1 Å². The molecule has 1 aromatic carbocycles. The molecule has 1 aliphatic rings. The summed E-state index contributed by atoms with van der Waals surface area (Å²) in [6.07, 6.45) is 2.67. The van der Waals surface area contributed by atoms with Crippen LogP contribution >= 0.6 is 0 Å².